The van der Waals surface area contributed by atoms with Gasteiger partial charge in [0.25, 0.3) is 0 Å². The van der Waals surface area contributed by atoms with E-state index >= 15 is 0 Å². The zero-order valence-corrected chi connectivity index (χ0v) is 8.64. The zero-order valence-electron chi connectivity index (χ0n) is 8.64. The van der Waals surface area contributed by atoms with Crippen molar-refractivity contribution in [2.75, 3.05) is 0 Å². The minimum absolute atomic E-state index is 0.153. The van der Waals surface area contributed by atoms with Crippen molar-refractivity contribution >= 4 is 0 Å². The molecule has 0 aromatic rings. The molecule has 0 aliphatic carbocycles. The van der Waals surface area contributed by atoms with Gasteiger partial charge in [-0.3, -0.25) is 0 Å². The molecule has 0 saturated carbocycles. The molecular formula is C11H22O. The van der Waals surface area contributed by atoms with Crippen molar-refractivity contribution in [1.82, 2.24) is 0 Å². The van der Waals surface area contributed by atoms with E-state index in [1.807, 2.05) is 6.92 Å². The van der Waals surface area contributed by atoms with E-state index < -0.39 is 0 Å². The monoisotopic (exact) mass is 170 g/mol. The van der Waals surface area contributed by atoms with Crippen LogP contribution in [0.1, 0.15) is 52.9 Å². The average molecular weight is 170 g/mol. The van der Waals surface area contributed by atoms with Crippen LogP contribution in [0.3, 0.4) is 0 Å². The smallest absolute Gasteiger partial charge is 0.0515 e. The summed E-state index contributed by atoms with van der Waals surface area (Å²) in [6, 6.07) is 0. The van der Waals surface area contributed by atoms with Gasteiger partial charge in [0.1, 0.15) is 0 Å². The summed E-state index contributed by atoms with van der Waals surface area (Å²) in [5.41, 5.74) is 1.47. The Bertz CT molecular complexity index is 125. The number of hydrogen-bond donors (Lipinski definition) is 1. The fraction of sp³-hybridized carbons (Fsp3) is 0.818. The fourth-order valence-corrected chi connectivity index (χ4v) is 1.13. The van der Waals surface area contributed by atoms with E-state index in [9.17, 15) is 0 Å². The molecule has 1 heteroatoms. The molecule has 0 saturated heterocycles. The molecule has 12 heavy (non-hydrogen) atoms. The molecule has 0 spiro atoms. The predicted octanol–water partition coefficient (Wildman–Crippen LogP) is 3.28. The Morgan fingerprint density at radius 2 is 2.17 bits per heavy atom. The molecule has 0 amide bonds. The van der Waals surface area contributed by atoms with Crippen molar-refractivity contribution in [2.45, 2.75) is 59.0 Å². The molecule has 0 bridgehead atoms. The minimum Gasteiger partial charge on any atom is -0.393 e. The van der Waals surface area contributed by atoms with Crippen molar-refractivity contribution in [2.24, 2.45) is 0 Å². The van der Waals surface area contributed by atoms with Crippen LogP contribution in [0, 0.1) is 0 Å². The summed E-state index contributed by atoms with van der Waals surface area (Å²) < 4.78 is 0. The maximum atomic E-state index is 9.01. The van der Waals surface area contributed by atoms with E-state index in [2.05, 4.69) is 19.9 Å². The molecule has 72 valence electrons. The highest BCUT2D eigenvalue weighted by Gasteiger charge is 1.93. The highest BCUT2D eigenvalue weighted by molar-refractivity contribution is 4.97. The molecule has 1 unspecified atom stereocenters. The number of rotatable bonds is 6. The quantitative estimate of drug-likeness (QED) is 0.606. The molecule has 0 aromatic heterocycles. The normalized spacial score (nSPS) is 14.8. The number of unbranched alkanes of at least 4 members (excludes halogenated alkanes) is 1. The van der Waals surface area contributed by atoms with Gasteiger partial charge in [-0.25, -0.2) is 0 Å². The first-order valence-corrected chi connectivity index (χ1v) is 5.00. The van der Waals surface area contributed by atoms with E-state index in [1.165, 1.54) is 24.8 Å². The van der Waals surface area contributed by atoms with Crippen LogP contribution in [-0.4, -0.2) is 11.2 Å². The Morgan fingerprint density at radius 1 is 1.50 bits per heavy atom. The second-order valence-corrected chi connectivity index (χ2v) is 3.58. The SMILES string of the molecule is CCCCC(C)=CCCC(C)O. The lowest BCUT2D eigenvalue weighted by atomic mass is 10.1. The minimum atomic E-state index is -0.153. The highest BCUT2D eigenvalue weighted by atomic mass is 16.3. The molecule has 0 aromatic carbocycles. The zero-order chi connectivity index (χ0) is 9.40. The Morgan fingerprint density at radius 3 is 2.67 bits per heavy atom. The molecule has 0 aliphatic rings. The molecule has 1 N–H and O–H groups in total. The van der Waals surface area contributed by atoms with Gasteiger partial charge in [0.05, 0.1) is 6.10 Å². The van der Waals surface area contributed by atoms with Gasteiger partial charge in [-0.2, -0.15) is 0 Å². The van der Waals surface area contributed by atoms with Crippen LogP contribution in [0.25, 0.3) is 0 Å². The third kappa shape index (κ3) is 7.80. The fourth-order valence-electron chi connectivity index (χ4n) is 1.13. The van der Waals surface area contributed by atoms with Gasteiger partial charge in [-0.15, -0.1) is 0 Å². The van der Waals surface area contributed by atoms with Crippen molar-refractivity contribution < 1.29 is 5.11 Å². The van der Waals surface area contributed by atoms with Crippen LogP contribution in [0.15, 0.2) is 11.6 Å². The topological polar surface area (TPSA) is 20.2 Å². The van der Waals surface area contributed by atoms with Gasteiger partial charge >= 0.3 is 0 Å². The molecule has 0 fully saturated rings. The van der Waals surface area contributed by atoms with Crippen molar-refractivity contribution in [3.8, 4) is 0 Å². The van der Waals surface area contributed by atoms with Gasteiger partial charge in [-0.1, -0.05) is 25.0 Å². The maximum Gasteiger partial charge on any atom is 0.0515 e. The third-order valence-corrected chi connectivity index (χ3v) is 2.00. The molecule has 0 heterocycles. The lowest BCUT2D eigenvalue weighted by Crippen LogP contribution is -1.97. The van der Waals surface area contributed by atoms with E-state index in [0.29, 0.717) is 0 Å². The van der Waals surface area contributed by atoms with E-state index in [0.717, 1.165) is 12.8 Å². The number of aliphatic hydroxyl groups is 1. The van der Waals surface area contributed by atoms with Crippen molar-refractivity contribution in [3.63, 3.8) is 0 Å². The molecule has 0 aliphatic heterocycles. The second-order valence-electron chi connectivity index (χ2n) is 3.58. The van der Waals surface area contributed by atoms with E-state index in [4.69, 9.17) is 5.11 Å². The number of hydrogen-bond acceptors (Lipinski definition) is 1. The second kappa shape index (κ2) is 7.35. The van der Waals surface area contributed by atoms with E-state index in [1.54, 1.807) is 0 Å². The summed E-state index contributed by atoms with van der Waals surface area (Å²) in [5.74, 6) is 0. The average Bonchev–Trinajstić information content (AvgIpc) is 2.00. The van der Waals surface area contributed by atoms with Gasteiger partial charge in [0.2, 0.25) is 0 Å². The largest absolute Gasteiger partial charge is 0.393 e. The van der Waals surface area contributed by atoms with Crippen LogP contribution in [0.4, 0.5) is 0 Å². The third-order valence-electron chi connectivity index (χ3n) is 2.00. The van der Waals surface area contributed by atoms with Crippen LogP contribution in [0.2, 0.25) is 0 Å². The van der Waals surface area contributed by atoms with Crippen LogP contribution in [0.5, 0.6) is 0 Å². The Labute approximate surface area is 76.5 Å². The molecule has 0 rings (SSSR count). The summed E-state index contributed by atoms with van der Waals surface area (Å²) in [4.78, 5) is 0. The summed E-state index contributed by atoms with van der Waals surface area (Å²) in [6.45, 7) is 6.23. The summed E-state index contributed by atoms with van der Waals surface area (Å²) >= 11 is 0. The molecule has 1 atom stereocenters. The van der Waals surface area contributed by atoms with E-state index in [-0.39, 0.29) is 6.10 Å². The van der Waals surface area contributed by atoms with Crippen LogP contribution in [-0.2, 0) is 0 Å². The molecule has 1 nitrogen and oxygen atoms in total. The Kier molecular flexibility index (Phi) is 7.17. The van der Waals surface area contributed by atoms with Gasteiger partial charge < -0.3 is 5.11 Å². The van der Waals surface area contributed by atoms with Gasteiger partial charge in [0, 0.05) is 0 Å². The summed E-state index contributed by atoms with van der Waals surface area (Å²) in [6.07, 6.45) is 7.79. The highest BCUT2D eigenvalue weighted by Crippen LogP contribution is 2.08. The van der Waals surface area contributed by atoms with Crippen molar-refractivity contribution in [3.05, 3.63) is 11.6 Å². The Balaban J connectivity index is 3.41. The summed E-state index contributed by atoms with van der Waals surface area (Å²) in [7, 11) is 0. The van der Waals surface area contributed by atoms with Crippen LogP contribution < -0.4 is 0 Å². The summed E-state index contributed by atoms with van der Waals surface area (Å²) in [5, 5.41) is 9.01. The first-order chi connectivity index (χ1) is 5.66. The van der Waals surface area contributed by atoms with Crippen molar-refractivity contribution in [1.29, 1.82) is 0 Å². The number of aliphatic hydroxyl groups excluding tert-OH is 1. The lowest BCUT2D eigenvalue weighted by molar-refractivity contribution is 0.186. The first kappa shape index (κ1) is 11.7. The molecular weight excluding hydrogens is 148 g/mol. The number of allylic oxidation sites excluding steroid dienone is 2. The predicted molar refractivity (Wildman–Crippen MR) is 54.2 cm³/mol. The van der Waals surface area contributed by atoms with Gasteiger partial charge in [-0.05, 0) is 39.5 Å². The lowest BCUT2D eigenvalue weighted by Gasteiger charge is -2.01. The van der Waals surface area contributed by atoms with Crippen LogP contribution >= 0.6 is 0 Å². The standard InChI is InChI=1S/C11H22O/c1-4-5-7-10(2)8-6-9-11(3)12/h8,11-12H,4-7,9H2,1-3H3. The van der Waals surface area contributed by atoms with Gasteiger partial charge in [0.15, 0.2) is 0 Å². The Hall–Kier alpha value is -0.300. The molecule has 0 radical (unpaired) electrons. The maximum absolute atomic E-state index is 9.01. The first-order valence-electron chi connectivity index (χ1n) is 5.00.